The average molecular weight is 157 g/mol. The minimum Gasteiger partial charge on any atom is -0.437 e. The van der Waals surface area contributed by atoms with Gasteiger partial charge in [-0.15, -0.1) is 0 Å². The number of nitrogens with zero attached hydrogens (tertiary/aromatic N) is 1. The van der Waals surface area contributed by atoms with Crippen molar-refractivity contribution in [3.05, 3.63) is 0 Å². The molecule has 11 heavy (non-hydrogen) atoms. The molecule has 1 fully saturated rings. The van der Waals surface area contributed by atoms with Gasteiger partial charge in [0.15, 0.2) is 0 Å². The zero-order valence-electron chi connectivity index (χ0n) is 7.29. The first-order valence-corrected chi connectivity index (χ1v) is 4.19. The van der Waals surface area contributed by atoms with Crippen LogP contribution in [0.1, 0.15) is 12.8 Å². The summed E-state index contributed by atoms with van der Waals surface area (Å²) in [5, 5.41) is 9.26. The molecule has 0 amide bonds. The molecule has 1 saturated heterocycles. The van der Waals surface area contributed by atoms with Crippen LogP contribution >= 0.6 is 0 Å². The molecule has 3 nitrogen and oxygen atoms in total. The maximum Gasteiger partial charge on any atom is 0.376 e. The fraction of sp³-hybridized carbons (Fsp3) is 1.00. The first-order valence-electron chi connectivity index (χ1n) is 4.19. The molecular weight excluding hydrogens is 141 g/mol. The van der Waals surface area contributed by atoms with Gasteiger partial charge < -0.3 is 14.6 Å². The van der Waals surface area contributed by atoms with Crippen LogP contribution in [-0.4, -0.2) is 43.2 Å². The van der Waals surface area contributed by atoms with E-state index < -0.39 is 0 Å². The third-order valence-electron chi connectivity index (χ3n) is 2.27. The van der Waals surface area contributed by atoms with E-state index in [2.05, 4.69) is 0 Å². The molecule has 1 heterocycles. The van der Waals surface area contributed by atoms with Crippen LogP contribution in [0.4, 0.5) is 0 Å². The van der Waals surface area contributed by atoms with Gasteiger partial charge in [0.1, 0.15) is 0 Å². The van der Waals surface area contributed by atoms with Gasteiger partial charge in [0.25, 0.3) is 0 Å². The molecule has 0 aromatic heterocycles. The smallest absolute Gasteiger partial charge is 0.376 e. The first-order chi connectivity index (χ1) is 5.24. The molecule has 0 aromatic rings. The standard InChI is InChI=1S/C7H16BNO2/c1-8(10)9-5-3-4-7(6-9)11-2/h7,10H,3-6H2,1-2H3/t7-/m0/s1. The number of hydrogen-bond acceptors (Lipinski definition) is 3. The second-order valence-electron chi connectivity index (χ2n) is 3.13. The van der Waals surface area contributed by atoms with Gasteiger partial charge in [0, 0.05) is 13.7 Å². The number of rotatable bonds is 2. The number of methoxy groups -OCH3 is 1. The molecule has 0 aromatic carbocycles. The maximum atomic E-state index is 9.26. The molecule has 1 N–H and O–H groups in total. The van der Waals surface area contributed by atoms with Crippen molar-refractivity contribution in [1.82, 2.24) is 4.81 Å². The summed E-state index contributed by atoms with van der Waals surface area (Å²) in [6.07, 6.45) is 2.57. The van der Waals surface area contributed by atoms with Crippen LogP contribution in [-0.2, 0) is 4.74 Å². The van der Waals surface area contributed by atoms with Crippen LogP contribution in [0.5, 0.6) is 0 Å². The summed E-state index contributed by atoms with van der Waals surface area (Å²) in [7, 11) is 1.41. The quantitative estimate of drug-likeness (QED) is 0.581. The van der Waals surface area contributed by atoms with Gasteiger partial charge in [-0.05, 0) is 26.2 Å². The van der Waals surface area contributed by atoms with Gasteiger partial charge in [0.2, 0.25) is 0 Å². The van der Waals surface area contributed by atoms with Gasteiger partial charge in [-0.1, -0.05) is 0 Å². The molecule has 0 aliphatic carbocycles. The normalized spacial score (nSPS) is 27.0. The van der Waals surface area contributed by atoms with E-state index in [1.165, 1.54) is 0 Å². The lowest BCUT2D eigenvalue weighted by Crippen LogP contribution is -2.46. The molecule has 0 unspecified atom stereocenters. The second-order valence-corrected chi connectivity index (χ2v) is 3.13. The monoisotopic (exact) mass is 157 g/mol. The Bertz CT molecular complexity index is 121. The molecule has 1 rings (SSSR count). The van der Waals surface area contributed by atoms with E-state index in [0.717, 1.165) is 25.9 Å². The van der Waals surface area contributed by atoms with Crippen molar-refractivity contribution in [3.63, 3.8) is 0 Å². The molecule has 1 aliphatic heterocycles. The zero-order valence-corrected chi connectivity index (χ0v) is 7.29. The fourth-order valence-electron chi connectivity index (χ4n) is 1.50. The summed E-state index contributed by atoms with van der Waals surface area (Å²) in [4.78, 5) is 2.04. The lowest BCUT2D eigenvalue weighted by atomic mass is 9.82. The third kappa shape index (κ3) is 2.47. The summed E-state index contributed by atoms with van der Waals surface area (Å²) in [6.45, 7) is 3.67. The minimum absolute atomic E-state index is 0.318. The van der Waals surface area contributed by atoms with Crippen LogP contribution in [0.3, 0.4) is 0 Å². The van der Waals surface area contributed by atoms with E-state index in [9.17, 15) is 5.02 Å². The van der Waals surface area contributed by atoms with Crippen molar-refractivity contribution in [2.24, 2.45) is 0 Å². The van der Waals surface area contributed by atoms with Crippen molar-refractivity contribution in [2.75, 3.05) is 20.2 Å². The Morgan fingerprint density at radius 3 is 2.91 bits per heavy atom. The number of hydrogen-bond donors (Lipinski definition) is 1. The van der Waals surface area contributed by atoms with Crippen molar-refractivity contribution >= 4 is 7.05 Å². The first kappa shape index (κ1) is 9.04. The largest absolute Gasteiger partial charge is 0.437 e. The minimum atomic E-state index is -0.326. The van der Waals surface area contributed by atoms with Crippen LogP contribution in [0, 0.1) is 0 Å². The summed E-state index contributed by atoms with van der Waals surface area (Å²) in [5.41, 5.74) is 0. The van der Waals surface area contributed by atoms with Crippen LogP contribution in [0.2, 0.25) is 6.82 Å². The van der Waals surface area contributed by atoms with Crippen molar-refractivity contribution in [2.45, 2.75) is 25.8 Å². The van der Waals surface area contributed by atoms with Crippen molar-refractivity contribution in [1.29, 1.82) is 0 Å². The molecule has 0 spiro atoms. The molecule has 4 heteroatoms. The highest BCUT2D eigenvalue weighted by atomic mass is 16.5. The van der Waals surface area contributed by atoms with Crippen molar-refractivity contribution < 1.29 is 9.76 Å². The lowest BCUT2D eigenvalue weighted by Gasteiger charge is -2.32. The Morgan fingerprint density at radius 2 is 2.36 bits per heavy atom. The summed E-state index contributed by atoms with van der Waals surface area (Å²) in [6, 6.07) is 0. The van der Waals surface area contributed by atoms with Gasteiger partial charge >= 0.3 is 7.05 Å². The highest BCUT2D eigenvalue weighted by molar-refractivity contribution is 6.45. The van der Waals surface area contributed by atoms with E-state index in [1.54, 1.807) is 13.9 Å². The van der Waals surface area contributed by atoms with Gasteiger partial charge in [-0.3, -0.25) is 0 Å². The maximum absolute atomic E-state index is 9.26. The van der Waals surface area contributed by atoms with Gasteiger partial charge in [0.05, 0.1) is 6.10 Å². The summed E-state index contributed by atoms with van der Waals surface area (Å²) in [5.74, 6) is 0. The van der Waals surface area contributed by atoms with E-state index in [-0.39, 0.29) is 7.05 Å². The predicted octanol–water partition coefficient (Wildman–Crippen LogP) is 0.207. The number of piperidine rings is 1. The second kappa shape index (κ2) is 4.09. The van der Waals surface area contributed by atoms with E-state index in [4.69, 9.17) is 4.74 Å². The Balaban J connectivity index is 2.33. The predicted molar refractivity (Wildman–Crippen MR) is 45.4 cm³/mol. The van der Waals surface area contributed by atoms with E-state index in [1.807, 2.05) is 4.81 Å². The molecule has 1 aliphatic rings. The molecule has 0 saturated carbocycles. The fourth-order valence-corrected chi connectivity index (χ4v) is 1.50. The highest BCUT2D eigenvalue weighted by Gasteiger charge is 2.24. The molecular formula is C7H16BNO2. The third-order valence-corrected chi connectivity index (χ3v) is 2.27. The van der Waals surface area contributed by atoms with E-state index in [0.29, 0.717) is 6.10 Å². The van der Waals surface area contributed by atoms with Gasteiger partial charge in [-0.2, -0.15) is 0 Å². The SMILES string of the molecule is CO[C@H]1CCCN(B(C)O)C1. The summed E-state index contributed by atoms with van der Waals surface area (Å²) >= 11 is 0. The molecule has 64 valence electrons. The van der Waals surface area contributed by atoms with Crippen LogP contribution in [0.25, 0.3) is 0 Å². The highest BCUT2D eigenvalue weighted by Crippen LogP contribution is 2.12. The summed E-state index contributed by atoms with van der Waals surface area (Å²) < 4.78 is 5.22. The van der Waals surface area contributed by atoms with Crippen LogP contribution < -0.4 is 0 Å². The molecule has 0 radical (unpaired) electrons. The van der Waals surface area contributed by atoms with Gasteiger partial charge in [-0.25, -0.2) is 0 Å². The Labute approximate surface area is 68.5 Å². The van der Waals surface area contributed by atoms with Crippen molar-refractivity contribution in [3.8, 4) is 0 Å². The zero-order chi connectivity index (χ0) is 8.27. The lowest BCUT2D eigenvalue weighted by molar-refractivity contribution is 0.0521. The Hall–Kier alpha value is -0.0551. The number of ether oxygens (including phenoxy) is 1. The average Bonchev–Trinajstić information content (AvgIpc) is 2.05. The van der Waals surface area contributed by atoms with Crippen LogP contribution in [0.15, 0.2) is 0 Å². The Kier molecular flexibility index (Phi) is 3.36. The molecule has 1 atom stereocenters. The molecule has 0 bridgehead atoms. The topological polar surface area (TPSA) is 32.7 Å². The van der Waals surface area contributed by atoms with E-state index >= 15 is 0 Å². The Morgan fingerprint density at radius 1 is 1.64 bits per heavy atom.